The summed E-state index contributed by atoms with van der Waals surface area (Å²) in [6.45, 7) is 5.77. The average Bonchev–Trinajstić information content (AvgIpc) is 3.18. The number of nitriles is 1. The number of amides is 2. The third-order valence-electron chi connectivity index (χ3n) is 6.35. The molecule has 1 saturated heterocycles. The Hall–Kier alpha value is -3.85. The van der Waals surface area contributed by atoms with Gasteiger partial charge in [0, 0.05) is 41.4 Å². The SMILES string of the molecule is Cc1cccc(NC(=O)/C(C#N)=C/c2cn(CC(=O)N3CCCCC3)c3ccccc23)c1C. The topological polar surface area (TPSA) is 78.1 Å². The molecule has 0 atom stereocenters. The van der Waals surface area contributed by atoms with Gasteiger partial charge in [0.1, 0.15) is 18.2 Å². The number of anilines is 1. The van der Waals surface area contributed by atoms with Crippen LogP contribution in [-0.2, 0) is 16.1 Å². The van der Waals surface area contributed by atoms with Gasteiger partial charge in [0.15, 0.2) is 0 Å². The molecule has 0 bridgehead atoms. The van der Waals surface area contributed by atoms with E-state index < -0.39 is 5.91 Å². The molecule has 2 aromatic carbocycles. The number of aryl methyl sites for hydroxylation is 1. The lowest BCUT2D eigenvalue weighted by Gasteiger charge is -2.27. The number of hydrogen-bond donors (Lipinski definition) is 1. The molecule has 2 amide bonds. The molecule has 0 saturated carbocycles. The van der Waals surface area contributed by atoms with Gasteiger partial charge in [-0.3, -0.25) is 9.59 Å². The fourth-order valence-corrected chi connectivity index (χ4v) is 4.29. The Balaban J connectivity index is 1.62. The number of rotatable bonds is 5. The molecular formula is C27H28N4O2. The van der Waals surface area contributed by atoms with Crippen molar-refractivity contribution in [2.75, 3.05) is 18.4 Å². The van der Waals surface area contributed by atoms with Gasteiger partial charge in [-0.2, -0.15) is 5.26 Å². The molecule has 4 rings (SSSR count). The quantitative estimate of drug-likeness (QED) is 0.457. The Kier molecular flexibility index (Phi) is 6.60. The summed E-state index contributed by atoms with van der Waals surface area (Å²) in [6, 6.07) is 15.5. The molecule has 1 aromatic heterocycles. The number of likely N-dealkylation sites (tertiary alicyclic amines) is 1. The third-order valence-corrected chi connectivity index (χ3v) is 6.35. The summed E-state index contributed by atoms with van der Waals surface area (Å²) >= 11 is 0. The molecule has 0 spiro atoms. The van der Waals surface area contributed by atoms with Crippen LogP contribution in [0.2, 0.25) is 0 Å². The largest absolute Gasteiger partial charge is 0.341 e. The van der Waals surface area contributed by atoms with Gasteiger partial charge >= 0.3 is 0 Å². The predicted molar refractivity (Wildman–Crippen MR) is 131 cm³/mol. The van der Waals surface area contributed by atoms with Crippen LogP contribution in [0.4, 0.5) is 5.69 Å². The Morgan fingerprint density at radius 2 is 1.82 bits per heavy atom. The molecule has 1 aliphatic rings. The second kappa shape index (κ2) is 9.74. The molecule has 3 aromatic rings. The second-order valence-electron chi connectivity index (χ2n) is 8.54. The van der Waals surface area contributed by atoms with Gasteiger partial charge < -0.3 is 14.8 Å². The molecule has 0 unspecified atom stereocenters. The molecule has 0 aliphatic carbocycles. The Morgan fingerprint density at radius 3 is 2.58 bits per heavy atom. The lowest BCUT2D eigenvalue weighted by atomic mass is 10.1. The number of nitrogens with zero attached hydrogens (tertiary/aromatic N) is 3. The summed E-state index contributed by atoms with van der Waals surface area (Å²) in [5.74, 6) is -0.355. The summed E-state index contributed by atoms with van der Waals surface area (Å²) in [4.78, 5) is 27.6. The Bertz CT molecular complexity index is 1270. The summed E-state index contributed by atoms with van der Waals surface area (Å²) in [5, 5.41) is 13.5. The Morgan fingerprint density at radius 1 is 1.06 bits per heavy atom. The van der Waals surface area contributed by atoms with Crippen molar-refractivity contribution in [3.05, 3.63) is 70.9 Å². The highest BCUT2D eigenvalue weighted by atomic mass is 16.2. The summed E-state index contributed by atoms with van der Waals surface area (Å²) in [5.41, 5.74) is 4.38. The van der Waals surface area contributed by atoms with E-state index in [2.05, 4.69) is 5.32 Å². The molecule has 6 nitrogen and oxygen atoms in total. The van der Waals surface area contributed by atoms with Gasteiger partial charge in [-0.15, -0.1) is 0 Å². The smallest absolute Gasteiger partial charge is 0.266 e. The van der Waals surface area contributed by atoms with Crippen molar-refractivity contribution in [3.63, 3.8) is 0 Å². The van der Waals surface area contributed by atoms with Crippen LogP contribution in [0.25, 0.3) is 17.0 Å². The fraction of sp³-hybridized carbons (Fsp3) is 0.296. The van der Waals surface area contributed by atoms with Gasteiger partial charge in [-0.25, -0.2) is 0 Å². The molecule has 0 radical (unpaired) electrons. The highest BCUT2D eigenvalue weighted by Gasteiger charge is 2.19. The van der Waals surface area contributed by atoms with E-state index in [4.69, 9.17) is 0 Å². The summed E-state index contributed by atoms with van der Waals surface area (Å²) < 4.78 is 1.91. The third kappa shape index (κ3) is 4.83. The minimum absolute atomic E-state index is 0.0150. The molecule has 2 heterocycles. The zero-order valence-electron chi connectivity index (χ0n) is 19.1. The van der Waals surface area contributed by atoms with Crippen molar-refractivity contribution in [2.24, 2.45) is 0 Å². The van der Waals surface area contributed by atoms with Crippen LogP contribution < -0.4 is 5.32 Å². The van der Waals surface area contributed by atoms with E-state index in [0.29, 0.717) is 5.69 Å². The van der Waals surface area contributed by atoms with Crippen LogP contribution >= 0.6 is 0 Å². The minimum atomic E-state index is -0.451. The molecular weight excluding hydrogens is 412 g/mol. The van der Waals surface area contributed by atoms with Gasteiger partial charge in [-0.1, -0.05) is 30.3 Å². The zero-order chi connectivity index (χ0) is 23.4. The number of nitrogens with one attached hydrogen (secondary N) is 1. The molecule has 6 heteroatoms. The number of benzene rings is 2. The van der Waals surface area contributed by atoms with Crippen LogP contribution in [-0.4, -0.2) is 34.4 Å². The van der Waals surface area contributed by atoms with Gasteiger partial charge in [0.05, 0.1) is 0 Å². The van der Waals surface area contributed by atoms with E-state index in [1.807, 2.05) is 78.0 Å². The first-order chi connectivity index (χ1) is 16.0. The number of carbonyl (C=O) groups excluding carboxylic acids is 2. The maximum Gasteiger partial charge on any atom is 0.266 e. The Labute approximate surface area is 194 Å². The van der Waals surface area contributed by atoms with Crippen LogP contribution in [0.1, 0.15) is 36.0 Å². The second-order valence-corrected chi connectivity index (χ2v) is 8.54. The highest BCUT2D eigenvalue weighted by molar-refractivity contribution is 6.11. The number of carbonyl (C=O) groups is 2. The number of piperidine rings is 1. The van der Waals surface area contributed by atoms with E-state index in [-0.39, 0.29) is 18.0 Å². The standard InChI is InChI=1S/C27H28N4O2/c1-19-9-8-11-24(20(19)2)29-27(33)21(16-28)15-22-17-31(25-12-5-4-10-23(22)25)18-26(32)30-13-6-3-7-14-30/h4-5,8-12,15,17H,3,6-7,13-14,18H2,1-2H3,(H,29,33)/b21-15+. The van der Waals surface area contributed by atoms with Crippen molar-refractivity contribution < 1.29 is 9.59 Å². The van der Waals surface area contributed by atoms with E-state index >= 15 is 0 Å². The van der Waals surface area contributed by atoms with Crippen molar-refractivity contribution in [3.8, 4) is 6.07 Å². The zero-order valence-corrected chi connectivity index (χ0v) is 19.1. The number of hydrogen-bond acceptors (Lipinski definition) is 3. The van der Waals surface area contributed by atoms with Gasteiger partial charge in [0.25, 0.3) is 5.91 Å². The van der Waals surface area contributed by atoms with Gasteiger partial charge in [-0.05, 0) is 62.4 Å². The fourth-order valence-electron chi connectivity index (χ4n) is 4.29. The molecule has 168 valence electrons. The van der Waals surface area contributed by atoms with Crippen molar-refractivity contribution >= 4 is 34.5 Å². The van der Waals surface area contributed by atoms with Gasteiger partial charge in [0.2, 0.25) is 5.91 Å². The maximum atomic E-state index is 12.9. The first-order valence-electron chi connectivity index (χ1n) is 11.3. The summed E-state index contributed by atoms with van der Waals surface area (Å²) in [7, 11) is 0. The van der Waals surface area contributed by atoms with E-state index in [1.165, 1.54) is 6.42 Å². The maximum absolute atomic E-state index is 12.9. The average molecular weight is 441 g/mol. The van der Waals surface area contributed by atoms with E-state index in [1.54, 1.807) is 6.08 Å². The van der Waals surface area contributed by atoms with Crippen LogP contribution in [0, 0.1) is 25.2 Å². The van der Waals surface area contributed by atoms with Crippen LogP contribution in [0.5, 0.6) is 0 Å². The van der Waals surface area contributed by atoms with E-state index in [9.17, 15) is 14.9 Å². The lowest BCUT2D eigenvalue weighted by molar-refractivity contribution is -0.132. The highest BCUT2D eigenvalue weighted by Crippen LogP contribution is 2.25. The molecule has 1 fully saturated rings. The molecule has 1 aliphatic heterocycles. The monoisotopic (exact) mass is 440 g/mol. The molecule has 1 N–H and O–H groups in total. The van der Waals surface area contributed by atoms with Crippen LogP contribution in [0.3, 0.4) is 0 Å². The minimum Gasteiger partial charge on any atom is -0.341 e. The first-order valence-corrected chi connectivity index (χ1v) is 11.3. The van der Waals surface area contributed by atoms with Crippen molar-refractivity contribution in [2.45, 2.75) is 39.7 Å². The summed E-state index contributed by atoms with van der Waals surface area (Å²) in [6.07, 6.45) is 6.73. The lowest BCUT2D eigenvalue weighted by Crippen LogP contribution is -2.37. The number of fused-ring (bicyclic) bond motifs is 1. The number of para-hydroxylation sites is 1. The van der Waals surface area contributed by atoms with E-state index in [0.717, 1.165) is 53.5 Å². The predicted octanol–water partition coefficient (Wildman–Crippen LogP) is 4.82. The normalized spacial score (nSPS) is 14.2. The van der Waals surface area contributed by atoms with Crippen molar-refractivity contribution in [1.82, 2.24) is 9.47 Å². The van der Waals surface area contributed by atoms with Crippen LogP contribution in [0.15, 0.2) is 54.2 Å². The number of aromatic nitrogens is 1. The first kappa shape index (κ1) is 22.3. The molecule has 33 heavy (non-hydrogen) atoms. The van der Waals surface area contributed by atoms with Crippen molar-refractivity contribution in [1.29, 1.82) is 5.26 Å².